The van der Waals surface area contributed by atoms with Crippen LogP contribution in [0.3, 0.4) is 0 Å². The van der Waals surface area contributed by atoms with Crippen LogP contribution in [0.1, 0.15) is 29.8 Å². The van der Waals surface area contributed by atoms with Crippen LogP contribution in [0.5, 0.6) is 0 Å². The zero-order valence-corrected chi connectivity index (χ0v) is 11.6. The molecule has 0 unspecified atom stereocenters. The standard InChI is InChI=1S/C13H15FN4O3/c1-13(2)11(20)18(12(21)16-13)6-8-5-7(10(19)17-15)3-4-9(8)14/h3-5H,6,15H2,1-2H3,(H,16,21)(H,17,19). The lowest BCUT2D eigenvalue weighted by Crippen LogP contribution is -2.40. The van der Waals surface area contributed by atoms with E-state index in [2.05, 4.69) is 5.32 Å². The number of halogens is 1. The molecule has 4 N–H and O–H groups in total. The molecule has 8 heteroatoms. The van der Waals surface area contributed by atoms with Gasteiger partial charge in [0, 0.05) is 11.1 Å². The molecule has 0 bridgehead atoms. The van der Waals surface area contributed by atoms with Crippen LogP contribution in [0.15, 0.2) is 18.2 Å². The fourth-order valence-corrected chi connectivity index (χ4v) is 2.05. The van der Waals surface area contributed by atoms with Crippen LogP contribution in [0.2, 0.25) is 0 Å². The molecular weight excluding hydrogens is 279 g/mol. The van der Waals surface area contributed by atoms with Gasteiger partial charge in [0.1, 0.15) is 11.4 Å². The van der Waals surface area contributed by atoms with Crippen LogP contribution < -0.4 is 16.6 Å². The first-order valence-electron chi connectivity index (χ1n) is 6.20. The van der Waals surface area contributed by atoms with E-state index >= 15 is 0 Å². The molecule has 2 rings (SSSR count). The molecule has 0 aliphatic carbocycles. The largest absolute Gasteiger partial charge is 0.325 e. The average Bonchev–Trinajstić information content (AvgIpc) is 2.62. The van der Waals surface area contributed by atoms with E-state index in [0.29, 0.717) is 0 Å². The quantitative estimate of drug-likeness (QED) is 0.322. The van der Waals surface area contributed by atoms with E-state index in [1.807, 2.05) is 5.43 Å². The molecule has 1 aromatic rings. The Hall–Kier alpha value is -2.48. The number of nitrogens with two attached hydrogens (primary N) is 1. The van der Waals surface area contributed by atoms with Gasteiger partial charge in [-0.3, -0.25) is 19.9 Å². The SMILES string of the molecule is CC1(C)NC(=O)N(Cc2cc(C(=O)NN)ccc2F)C1=O. The lowest BCUT2D eigenvalue weighted by atomic mass is 10.1. The summed E-state index contributed by atoms with van der Waals surface area (Å²) in [5, 5.41) is 2.50. The van der Waals surface area contributed by atoms with Crippen molar-refractivity contribution in [3.63, 3.8) is 0 Å². The monoisotopic (exact) mass is 294 g/mol. The van der Waals surface area contributed by atoms with E-state index in [0.717, 1.165) is 11.0 Å². The first kappa shape index (κ1) is 14.9. The van der Waals surface area contributed by atoms with E-state index in [-0.39, 0.29) is 17.7 Å². The number of urea groups is 1. The van der Waals surface area contributed by atoms with Crippen molar-refractivity contribution in [2.75, 3.05) is 0 Å². The second-order valence-corrected chi connectivity index (χ2v) is 5.23. The topological polar surface area (TPSA) is 105 Å². The summed E-state index contributed by atoms with van der Waals surface area (Å²) in [6.45, 7) is 2.86. The molecule has 1 saturated heterocycles. The number of carbonyl (C=O) groups is 3. The predicted molar refractivity (Wildman–Crippen MR) is 71.2 cm³/mol. The molecular formula is C13H15FN4O3. The third-order valence-corrected chi connectivity index (χ3v) is 3.21. The lowest BCUT2D eigenvalue weighted by Gasteiger charge is -2.16. The van der Waals surface area contributed by atoms with Gasteiger partial charge >= 0.3 is 6.03 Å². The number of carbonyl (C=O) groups excluding carboxylic acids is 3. The highest BCUT2D eigenvalue weighted by molar-refractivity contribution is 6.06. The molecule has 0 spiro atoms. The maximum atomic E-state index is 13.8. The Bertz CT molecular complexity index is 630. The Morgan fingerprint density at radius 3 is 2.62 bits per heavy atom. The highest BCUT2D eigenvalue weighted by atomic mass is 19.1. The minimum absolute atomic E-state index is 0.0531. The summed E-state index contributed by atoms with van der Waals surface area (Å²) in [6.07, 6.45) is 0. The smallest absolute Gasteiger partial charge is 0.324 e. The summed E-state index contributed by atoms with van der Waals surface area (Å²) in [5.74, 6) is 3.35. The number of amides is 4. The van der Waals surface area contributed by atoms with Crippen LogP contribution in [-0.4, -0.2) is 28.3 Å². The van der Waals surface area contributed by atoms with Crippen molar-refractivity contribution in [3.8, 4) is 0 Å². The number of nitrogens with zero attached hydrogens (tertiary/aromatic N) is 1. The number of hydrazine groups is 1. The third-order valence-electron chi connectivity index (χ3n) is 3.21. The number of imide groups is 1. The summed E-state index contributed by atoms with van der Waals surface area (Å²) in [6, 6.07) is 3.00. The fourth-order valence-electron chi connectivity index (χ4n) is 2.05. The van der Waals surface area contributed by atoms with Crippen LogP contribution >= 0.6 is 0 Å². The Kier molecular flexibility index (Phi) is 3.65. The Labute approximate surface area is 120 Å². The van der Waals surface area contributed by atoms with E-state index in [4.69, 9.17) is 5.84 Å². The van der Waals surface area contributed by atoms with Crippen LogP contribution in [0.25, 0.3) is 0 Å². The highest BCUT2D eigenvalue weighted by Crippen LogP contribution is 2.21. The van der Waals surface area contributed by atoms with Crippen LogP contribution in [0, 0.1) is 5.82 Å². The van der Waals surface area contributed by atoms with Gasteiger partial charge in [0.15, 0.2) is 0 Å². The Balaban J connectivity index is 2.30. The van der Waals surface area contributed by atoms with Crippen molar-refractivity contribution in [1.29, 1.82) is 0 Å². The summed E-state index contributed by atoms with van der Waals surface area (Å²) < 4.78 is 13.8. The second-order valence-electron chi connectivity index (χ2n) is 5.23. The summed E-state index contributed by atoms with van der Waals surface area (Å²) in [7, 11) is 0. The molecule has 0 radical (unpaired) electrons. The van der Waals surface area contributed by atoms with Crippen molar-refractivity contribution < 1.29 is 18.8 Å². The van der Waals surface area contributed by atoms with Gasteiger partial charge in [0.05, 0.1) is 6.54 Å². The number of rotatable bonds is 3. The number of hydrogen-bond acceptors (Lipinski definition) is 4. The molecule has 21 heavy (non-hydrogen) atoms. The molecule has 1 aliphatic heterocycles. The van der Waals surface area contributed by atoms with Crippen molar-refractivity contribution in [2.24, 2.45) is 5.84 Å². The summed E-state index contributed by atoms with van der Waals surface area (Å²) in [4.78, 5) is 36.1. The first-order valence-corrected chi connectivity index (χ1v) is 6.20. The van der Waals surface area contributed by atoms with Crippen molar-refractivity contribution >= 4 is 17.8 Å². The minimum Gasteiger partial charge on any atom is -0.324 e. The molecule has 112 valence electrons. The normalized spacial score (nSPS) is 16.9. The number of nitrogen functional groups attached to an aromatic ring is 1. The molecule has 1 heterocycles. The van der Waals surface area contributed by atoms with Gasteiger partial charge in [-0.15, -0.1) is 0 Å². The molecule has 7 nitrogen and oxygen atoms in total. The van der Waals surface area contributed by atoms with Crippen LogP contribution in [0.4, 0.5) is 9.18 Å². The summed E-state index contributed by atoms with van der Waals surface area (Å²) >= 11 is 0. The lowest BCUT2D eigenvalue weighted by molar-refractivity contribution is -0.130. The Morgan fingerprint density at radius 2 is 2.10 bits per heavy atom. The maximum Gasteiger partial charge on any atom is 0.325 e. The summed E-state index contributed by atoms with van der Waals surface area (Å²) in [5.41, 5.74) is 1.10. The van der Waals surface area contributed by atoms with E-state index in [1.54, 1.807) is 13.8 Å². The molecule has 0 saturated carbocycles. The highest BCUT2D eigenvalue weighted by Gasteiger charge is 2.44. The van der Waals surface area contributed by atoms with Crippen molar-refractivity contribution in [1.82, 2.24) is 15.6 Å². The van der Waals surface area contributed by atoms with Gasteiger partial charge < -0.3 is 5.32 Å². The first-order chi connectivity index (χ1) is 9.76. The van der Waals surface area contributed by atoms with Crippen molar-refractivity contribution in [2.45, 2.75) is 25.9 Å². The zero-order chi connectivity index (χ0) is 15.8. The molecule has 1 aliphatic rings. The van der Waals surface area contributed by atoms with E-state index in [9.17, 15) is 18.8 Å². The third kappa shape index (κ3) is 2.70. The molecule has 1 fully saturated rings. The van der Waals surface area contributed by atoms with E-state index < -0.39 is 29.2 Å². The van der Waals surface area contributed by atoms with Crippen LogP contribution in [-0.2, 0) is 11.3 Å². The van der Waals surface area contributed by atoms with Gasteiger partial charge in [-0.05, 0) is 32.0 Å². The van der Waals surface area contributed by atoms with Gasteiger partial charge in [0.2, 0.25) is 0 Å². The van der Waals surface area contributed by atoms with Crippen molar-refractivity contribution in [3.05, 3.63) is 35.1 Å². The number of hydrogen-bond donors (Lipinski definition) is 3. The second kappa shape index (κ2) is 5.13. The molecule has 1 aromatic carbocycles. The number of nitrogens with one attached hydrogen (secondary N) is 2. The average molecular weight is 294 g/mol. The minimum atomic E-state index is -1.03. The fraction of sp³-hybridized carbons (Fsp3) is 0.308. The zero-order valence-electron chi connectivity index (χ0n) is 11.6. The van der Waals surface area contributed by atoms with Gasteiger partial charge in [-0.1, -0.05) is 0 Å². The molecule has 4 amide bonds. The maximum absolute atomic E-state index is 13.8. The van der Waals surface area contributed by atoms with E-state index in [1.165, 1.54) is 12.1 Å². The molecule has 0 aromatic heterocycles. The van der Waals surface area contributed by atoms with Gasteiger partial charge in [0.25, 0.3) is 11.8 Å². The predicted octanol–water partition coefficient (Wildman–Crippen LogP) is 0.260. The molecule has 0 atom stereocenters. The Morgan fingerprint density at radius 1 is 1.43 bits per heavy atom. The van der Waals surface area contributed by atoms with Gasteiger partial charge in [-0.25, -0.2) is 15.0 Å². The van der Waals surface area contributed by atoms with Gasteiger partial charge in [-0.2, -0.15) is 0 Å². The number of benzene rings is 1.